The van der Waals surface area contributed by atoms with Gasteiger partial charge in [0, 0.05) is 6.07 Å². The number of hydrogen-bond acceptors (Lipinski definition) is 3. The Kier molecular flexibility index (Phi) is 5.73. The summed E-state index contributed by atoms with van der Waals surface area (Å²) >= 11 is 11.9. The Balaban J connectivity index is 1.75. The summed E-state index contributed by atoms with van der Waals surface area (Å²) in [6.45, 7) is 5.43. The van der Waals surface area contributed by atoms with Crippen LogP contribution < -0.4 is 10.1 Å². The van der Waals surface area contributed by atoms with Crippen LogP contribution in [0.4, 0.5) is 5.69 Å². The van der Waals surface area contributed by atoms with Gasteiger partial charge in [0.1, 0.15) is 5.75 Å². The molecule has 2 aromatic carbocycles. The van der Waals surface area contributed by atoms with Crippen molar-refractivity contribution < 1.29 is 9.53 Å². The van der Waals surface area contributed by atoms with Crippen molar-refractivity contribution in [2.24, 2.45) is 0 Å². The number of hydrogen-bond donors (Lipinski definition) is 1. The van der Waals surface area contributed by atoms with Crippen LogP contribution in [-0.2, 0) is 4.79 Å². The lowest BCUT2D eigenvalue weighted by molar-refractivity contribution is -0.122. The first kappa shape index (κ1) is 19.3. The molecule has 1 heterocycles. The Morgan fingerprint density at radius 1 is 1.11 bits per heavy atom. The summed E-state index contributed by atoms with van der Waals surface area (Å²) < 4.78 is 7.47. The molecule has 0 aliphatic carbocycles. The van der Waals surface area contributed by atoms with Gasteiger partial charge in [0.15, 0.2) is 6.10 Å². The van der Waals surface area contributed by atoms with Crippen LogP contribution in [0.2, 0.25) is 10.0 Å². The van der Waals surface area contributed by atoms with Crippen molar-refractivity contribution in [1.82, 2.24) is 9.78 Å². The molecule has 1 N–H and O–H groups in total. The Labute approximate surface area is 167 Å². The second-order valence-corrected chi connectivity index (χ2v) is 6.93. The van der Waals surface area contributed by atoms with Gasteiger partial charge in [0.05, 0.1) is 32.8 Å². The first-order valence-electron chi connectivity index (χ1n) is 8.41. The molecule has 1 aromatic heterocycles. The maximum absolute atomic E-state index is 12.6. The van der Waals surface area contributed by atoms with Crippen molar-refractivity contribution in [1.29, 1.82) is 0 Å². The van der Waals surface area contributed by atoms with E-state index in [2.05, 4.69) is 10.4 Å². The molecule has 1 unspecified atom stereocenters. The van der Waals surface area contributed by atoms with Crippen molar-refractivity contribution in [2.75, 3.05) is 5.32 Å². The number of carbonyl (C=O) groups excluding carboxylic acids is 1. The molecule has 0 saturated heterocycles. The third-order valence-corrected chi connectivity index (χ3v) is 4.85. The van der Waals surface area contributed by atoms with Gasteiger partial charge in [-0.2, -0.15) is 5.10 Å². The van der Waals surface area contributed by atoms with Gasteiger partial charge < -0.3 is 10.1 Å². The molecule has 5 nitrogen and oxygen atoms in total. The molecule has 0 radical (unpaired) electrons. The quantitative estimate of drug-likeness (QED) is 0.636. The average molecular weight is 404 g/mol. The summed E-state index contributed by atoms with van der Waals surface area (Å²) in [5.74, 6) is 0.195. The van der Waals surface area contributed by atoms with E-state index in [1.807, 2.05) is 44.2 Å². The molecule has 140 valence electrons. The van der Waals surface area contributed by atoms with E-state index in [0.29, 0.717) is 21.5 Å². The minimum atomic E-state index is -0.721. The number of aryl methyl sites for hydroxylation is 1. The number of aromatic nitrogens is 2. The largest absolute Gasteiger partial charge is 0.481 e. The van der Waals surface area contributed by atoms with Crippen LogP contribution in [0.25, 0.3) is 5.69 Å². The lowest BCUT2D eigenvalue weighted by Gasteiger charge is -2.15. The minimum Gasteiger partial charge on any atom is -0.481 e. The highest BCUT2D eigenvalue weighted by Gasteiger charge is 2.20. The van der Waals surface area contributed by atoms with Crippen LogP contribution in [-0.4, -0.2) is 21.8 Å². The van der Waals surface area contributed by atoms with Crippen LogP contribution >= 0.6 is 23.2 Å². The number of carbonyl (C=O) groups is 1. The van der Waals surface area contributed by atoms with Crippen LogP contribution in [0, 0.1) is 13.8 Å². The van der Waals surface area contributed by atoms with Gasteiger partial charge in [-0.3, -0.25) is 4.79 Å². The predicted molar refractivity (Wildman–Crippen MR) is 108 cm³/mol. The Bertz CT molecular complexity index is 971. The minimum absolute atomic E-state index is 0.278. The van der Waals surface area contributed by atoms with E-state index in [1.165, 1.54) is 0 Å². The Morgan fingerprint density at radius 3 is 2.48 bits per heavy atom. The van der Waals surface area contributed by atoms with Crippen LogP contribution in [0.3, 0.4) is 0 Å². The van der Waals surface area contributed by atoms with Gasteiger partial charge in [-0.25, -0.2) is 4.68 Å². The Morgan fingerprint density at radius 2 is 1.81 bits per heavy atom. The fourth-order valence-corrected chi connectivity index (χ4v) is 2.96. The number of nitrogens with zero attached hydrogens (tertiary/aromatic N) is 2. The van der Waals surface area contributed by atoms with E-state index in [-0.39, 0.29) is 5.91 Å². The van der Waals surface area contributed by atoms with Crippen LogP contribution in [0.5, 0.6) is 5.75 Å². The zero-order valence-electron chi connectivity index (χ0n) is 15.2. The summed E-state index contributed by atoms with van der Waals surface area (Å²) in [6.07, 6.45) is -0.721. The van der Waals surface area contributed by atoms with Gasteiger partial charge in [-0.1, -0.05) is 41.4 Å². The van der Waals surface area contributed by atoms with Gasteiger partial charge in [-0.15, -0.1) is 0 Å². The number of ether oxygens (including phenoxy) is 1. The summed E-state index contributed by atoms with van der Waals surface area (Å²) in [4.78, 5) is 12.6. The molecule has 3 aromatic rings. The molecular weight excluding hydrogens is 385 g/mol. The monoisotopic (exact) mass is 403 g/mol. The Hall–Kier alpha value is -2.50. The molecule has 0 fully saturated rings. The predicted octanol–water partition coefficient (Wildman–Crippen LogP) is 5.20. The van der Waals surface area contributed by atoms with E-state index >= 15 is 0 Å². The zero-order chi connectivity index (χ0) is 19.6. The molecule has 1 atom stereocenters. The lowest BCUT2D eigenvalue weighted by atomic mass is 10.2. The fourth-order valence-electron chi connectivity index (χ4n) is 2.68. The highest BCUT2D eigenvalue weighted by molar-refractivity contribution is 6.42. The van der Waals surface area contributed by atoms with E-state index in [9.17, 15) is 4.79 Å². The van der Waals surface area contributed by atoms with Crippen molar-refractivity contribution in [3.63, 3.8) is 0 Å². The summed E-state index contributed by atoms with van der Waals surface area (Å²) in [5, 5.41) is 8.24. The van der Waals surface area contributed by atoms with Gasteiger partial charge >= 0.3 is 0 Å². The normalized spacial score (nSPS) is 11.9. The number of nitrogens with one attached hydrogen (secondary N) is 1. The molecular formula is C20H19Cl2N3O2. The van der Waals surface area contributed by atoms with E-state index in [1.54, 1.807) is 29.8 Å². The third kappa shape index (κ3) is 4.26. The highest BCUT2D eigenvalue weighted by Crippen LogP contribution is 2.27. The molecule has 7 heteroatoms. The van der Waals surface area contributed by atoms with E-state index in [4.69, 9.17) is 27.9 Å². The maximum Gasteiger partial charge on any atom is 0.265 e. The molecule has 3 rings (SSSR count). The first-order valence-corrected chi connectivity index (χ1v) is 9.16. The number of halogens is 2. The third-order valence-electron chi connectivity index (χ3n) is 4.11. The molecule has 1 amide bonds. The van der Waals surface area contributed by atoms with Gasteiger partial charge in [0.2, 0.25) is 0 Å². The smallest absolute Gasteiger partial charge is 0.265 e. The SMILES string of the molecule is Cc1nn(-c2ccccc2)c(C)c1NC(=O)C(C)Oc1ccc(Cl)c(Cl)c1. The number of para-hydroxylation sites is 1. The van der Waals surface area contributed by atoms with Crippen molar-refractivity contribution in [3.05, 3.63) is 70.0 Å². The molecule has 0 aliphatic heterocycles. The molecule has 0 bridgehead atoms. The van der Waals surface area contributed by atoms with E-state index < -0.39 is 6.10 Å². The molecule has 27 heavy (non-hydrogen) atoms. The fraction of sp³-hybridized carbons (Fsp3) is 0.200. The summed E-state index contributed by atoms with van der Waals surface area (Å²) in [6, 6.07) is 14.6. The standard InChI is InChI=1S/C20H19Cl2N3O2/c1-12-19(13(2)25(24-12)15-7-5-4-6-8-15)23-20(26)14(3)27-16-9-10-17(21)18(22)11-16/h4-11,14H,1-3H3,(H,23,26). The van der Waals surface area contributed by atoms with Crippen LogP contribution in [0.15, 0.2) is 48.5 Å². The number of anilines is 1. The average Bonchev–Trinajstić information content (AvgIpc) is 2.93. The van der Waals surface area contributed by atoms with Crippen molar-refractivity contribution in [3.8, 4) is 11.4 Å². The van der Waals surface area contributed by atoms with Crippen LogP contribution in [0.1, 0.15) is 18.3 Å². The van der Waals surface area contributed by atoms with Gasteiger partial charge in [0.25, 0.3) is 5.91 Å². The van der Waals surface area contributed by atoms with Crippen molar-refractivity contribution >= 4 is 34.8 Å². The summed E-state index contributed by atoms with van der Waals surface area (Å²) in [5.41, 5.74) is 3.17. The first-order chi connectivity index (χ1) is 12.9. The number of amides is 1. The molecule has 0 aliphatic rings. The maximum atomic E-state index is 12.6. The second kappa shape index (κ2) is 8.03. The molecule has 0 saturated carbocycles. The zero-order valence-corrected chi connectivity index (χ0v) is 16.7. The number of rotatable bonds is 5. The lowest BCUT2D eigenvalue weighted by Crippen LogP contribution is -2.30. The second-order valence-electron chi connectivity index (χ2n) is 6.12. The van der Waals surface area contributed by atoms with Gasteiger partial charge in [-0.05, 0) is 45.0 Å². The molecule has 0 spiro atoms. The topological polar surface area (TPSA) is 56.2 Å². The highest BCUT2D eigenvalue weighted by atomic mass is 35.5. The summed E-state index contributed by atoms with van der Waals surface area (Å²) in [7, 11) is 0. The number of benzene rings is 2. The van der Waals surface area contributed by atoms with Crippen molar-refractivity contribution in [2.45, 2.75) is 26.9 Å². The van der Waals surface area contributed by atoms with E-state index in [0.717, 1.165) is 17.1 Å².